The van der Waals surface area contributed by atoms with Crippen molar-refractivity contribution in [3.05, 3.63) is 80.8 Å². The number of aryl methyl sites for hydroxylation is 1. The number of ether oxygens (including phenoxy) is 2. The molecule has 0 bridgehead atoms. The molecule has 1 N–H and O–H groups in total. The van der Waals surface area contributed by atoms with Gasteiger partial charge in [0.25, 0.3) is 5.91 Å². The van der Waals surface area contributed by atoms with Crippen LogP contribution in [0, 0.1) is 0 Å². The Bertz CT molecular complexity index is 1490. The predicted octanol–water partition coefficient (Wildman–Crippen LogP) is 5.59. The molecular formula is C28H25NO6S. The molecule has 2 aromatic heterocycles. The standard InChI is InChI=1S/C28H25NO6S/c1-2-33-28(32)26-19-10-6-7-11-24(19)36-27(26)29-25(31)16-34-18-12-13-22-20(14-18)21(30)15-23(35-22)17-8-4-3-5-9-17/h3-5,8-9,12-15H,2,6-7,10-11,16H2,1H3,(H,29,31). The fraction of sp³-hybridized carbons (Fsp3) is 0.250. The lowest BCUT2D eigenvalue weighted by Crippen LogP contribution is -2.21. The summed E-state index contributed by atoms with van der Waals surface area (Å²) in [5.74, 6) is 0.0423. The van der Waals surface area contributed by atoms with Crippen molar-refractivity contribution in [3.63, 3.8) is 0 Å². The number of hydrogen-bond donors (Lipinski definition) is 1. The van der Waals surface area contributed by atoms with Gasteiger partial charge in [-0.05, 0) is 56.4 Å². The highest BCUT2D eigenvalue weighted by molar-refractivity contribution is 7.17. The second-order valence-corrected chi connectivity index (χ2v) is 9.58. The average Bonchev–Trinajstić information content (AvgIpc) is 3.26. The van der Waals surface area contributed by atoms with E-state index in [0.29, 0.717) is 33.0 Å². The summed E-state index contributed by atoms with van der Waals surface area (Å²) < 4.78 is 16.8. The van der Waals surface area contributed by atoms with E-state index in [2.05, 4.69) is 5.32 Å². The number of anilines is 1. The van der Waals surface area contributed by atoms with E-state index in [1.807, 2.05) is 30.3 Å². The number of benzene rings is 2. The van der Waals surface area contributed by atoms with E-state index in [9.17, 15) is 14.4 Å². The Labute approximate surface area is 211 Å². The van der Waals surface area contributed by atoms with Gasteiger partial charge in [-0.3, -0.25) is 9.59 Å². The van der Waals surface area contributed by atoms with Crippen molar-refractivity contribution in [3.8, 4) is 17.1 Å². The van der Waals surface area contributed by atoms with E-state index in [1.54, 1.807) is 25.1 Å². The SMILES string of the molecule is CCOC(=O)c1c(NC(=O)COc2ccc3oc(-c4ccccc4)cc(=O)c3c2)sc2c1CCCC2. The maximum absolute atomic E-state index is 12.7. The molecular weight excluding hydrogens is 478 g/mol. The van der Waals surface area contributed by atoms with Crippen LogP contribution in [0.15, 0.2) is 63.8 Å². The number of nitrogens with one attached hydrogen (secondary N) is 1. The number of carbonyl (C=O) groups is 2. The van der Waals surface area contributed by atoms with Crippen molar-refractivity contribution < 1.29 is 23.5 Å². The molecule has 4 aromatic rings. The van der Waals surface area contributed by atoms with Gasteiger partial charge in [-0.2, -0.15) is 0 Å². The quantitative estimate of drug-likeness (QED) is 0.330. The van der Waals surface area contributed by atoms with Crippen LogP contribution in [0.3, 0.4) is 0 Å². The van der Waals surface area contributed by atoms with Crippen LogP contribution in [0.5, 0.6) is 5.75 Å². The van der Waals surface area contributed by atoms with Gasteiger partial charge < -0.3 is 19.2 Å². The number of esters is 1. The van der Waals surface area contributed by atoms with Gasteiger partial charge in [-0.25, -0.2) is 4.79 Å². The van der Waals surface area contributed by atoms with Gasteiger partial charge in [-0.1, -0.05) is 30.3 Å². The van der Waals surface area contributed by atoms with Crippen molar-refractivity contribution in [2.24, 2.45) is 0 Å². The maximum atomic E-state index is 12.7. The molecule has 1 aliphatic carbocycles. The molecule has 0 radical (unpaired) electrons. The van der Waals surface area contributed by atoms with E-state index in [1.165, 1.54) is 17.4 Å². The Kier molecular flexibility index (Phi) is 6.86. The highest BCUT2D eigenvalue weighted by atomic mass is 32.1. The van der Waals surface area contributed by atoms with Crippen molar-refractivity contribution in [2.45, 2.75) is 32.6 Å². The van der Waals surface area contributed by atoms with E-state index in [-0.39, 0.29) is 18.6 Å². The number of fused-ring (bicyclic) bond motifs is 2. The second kappa shape index (κ2) is 10.4. The van der Waals surface area contributed by atoms with Crippen LogP contribution in [0.2, 0.25) is 0 Å². The minimum atomic E-state index is -0.413. The summed E-state index contributed by atoms with van der Waals surface area (Å²) >= 11 is 1.43. The summed E-state index contributed by atoms with van der Waals surface area (Å²) in [6.45, 7) is 1.75. The fourth-order valence-corrected chi connectivity index (χ4v) is 5.65. The van der Waals surface area contributed by atoms with Crippen LogP contribution in [0.1, 0.15) is 40.6 Å². The molecule has 7 nitrogen and oxygen atoms in total. The summed E-state index contributed by atoms with van der Waals surface area (Å²) in [6, 6.07) is 15.7. The first-order valence-corrected chi connectivity index (χ1v) is 12.7. The van der Waals surface area contributed by atoms with Gasteiger partial charge in [0, 0.05) is 16.5 Å². The molecule has 0 fully saturated rings. The number of hydrogen-bond acceptors (Lipinski definition) is 7. The molecule has 0 saturated heterocycles. The molecule has 0 unspecified atom stereocenters. The summed E-state index contributed by atoms with van der Waals surface area (Å²) in [6.07, 6.45) is 3.77. The third-order valence-electron chi connectivity index (χ3n) is 6.03. The summed E-state index contributed by atoms with van der Waals surface area (Å²) in [4.78, 5) is 39.1. The van der Waals surface area contributed by atoms with Crippen LogP contribution in [0.25, 0.3) is 22.3 Å². The minimum Gasteiger partial charge on any atom is -0.484 e. The van der Waals surface area contributed by atoms with Crippen molar-refractivity contribution in [2.75, 3.05) is 18.5 Å². The third-order valence-corrected chi connectivity index (χ3v) is 7.24. The monoisotopic (exact) mass is 503 g/mol. The van der Waals surface area contributed by atoms with Gasteiger partial charge in [0.05, 0.1) is 17.6 Å². The third kappa shape index (κ3) is 4.90. The predicted molar refractivity (Wildman–Crippen MR) is 139 cm³/mol. The molecule has 184 valence electrons. The summed E-state index contributed by atoms with van der Waals surface area (Å²) in [7, 11) is 0. The first kappa shape index (κ1) is 23.8. The van der Waals surface area contributed by atoms with Gasteiger partial charge in [0.2, 0.25) is 0 Å². The smallest absolute Gasteiger partial charge is 0.341 e. The van der Waals surface area contributed by atoms with Gasteiger partial charge >= 0.3 is 5.97 Å². The van der Waals surface area contributed by atoms with E-state index >= 15 is 0 Å². The van der Waals surface area contributed by atoms with Gasteiger partial charge in [0.15, 0.2) is 12.0 Å². The zero-order valence-corrected chi connectivity index (χ0v) is 20.6. The number of carbonyl (C=O) groups excluding carboxylic acids is 2. The number of amides is 1. The van der Waals surface area contributed by atoms with Gasteiger partial charge in [0.1, 0.15) is 22.1 Å². The fourth-order valence-electron chi connectivity index (χ4n) is 4.35. The van der Waals surface area contributed by atoms with E-state index in [4.69, 9.17) is 13.9 Å². The molecule has 1 aliphatic rings. The van der Waals surface area contributed by atoms with Crippen LogP contribution < -0.4 is 15.5 Å². The lowest BCUT2D eigenvalue weighted by atomic mass is 9.95. The van der Waals surface area contributed by atoms with Crippen molar-refractivity contribution >= 4 is 39.2 Å². The molecule has 0 spiro atoms. The van der Waals surface area contributed by atoms with Gasteiger partial charge in [-0.15, -0.1) is 11.3 Å². The largest absolute Gasteiger partial charge is 0.484 e. The van der Waals surface area contributed by atoms with Crippen LogP contribution in [-0.2, 0) is 22.4 Å². The van der Waals surface area contributed by atoms with Crippen LogP contribution in [0.4, 0.5) is 5.00 Å². The molecule has 1 amide bonds. The van der Waals surface area contributed by atoms with Crippen molar-refractivity contribution in [1.82, 2.24) is 0 Å². The molecule has 36 heavy (non-hydrogen) atoms. The first-order valence-electron chi connectivity index (χ1n) is 11.9. The normalized spacial score (nSPS) is 12.7. The Morgan fingerprint density at radius 2 is 1.86 bits per heavy atom. The highest BCUT2D eigenvalue weighted by Crippen LogP contribution is 2.38. The lowest BCUT2D eigenvalue weighted by molar-refractivity contribution is -0.118. The molecule has 2 heterocycles. The average molecular weight is 504 g/mol. The molecule has 0 saturated carbocycles. The zero-order valence-electron chi connectivity index (χ0n) is 19.8. The first-order chi connectivity index (χ1) is 17.5. The Morgan fingerprint density at radius 1 is 1.06 bits per heavy atom. The lowest BCUT2D eigenvalue weighted by Gasteiger charge is -2.12. The minimum absolute atomic E-state index is 0.201. The van der Waals surface area contributed by atoms with Crippen molar-refractivity contribution in [1.29, 1.82) is 0 Å². The molecule has 2 aromatic carbocycles. The Balaban J connectivity index is 1.31. The maximum Gasteiger partial charge on any atom is 0.341 e. The van der Waals surface area contributed by atoms with Crippen LogP contribution in [-0.4, -0.2) is 25.1 Å². The molecule has 5 rings (SSSR count). The zero-order chi connectivity index (χ0) is 25.1. The van der Waals surface area contributed by atoms with Crippen LogP contribution >= 0.6 is 11.3 Å². The Morgan fingerprint density at radius 3 is 2.67 bits per heavy atom. The topological polar surface area (TPSA) is 94.8 Å². The number of thiophene rings is 1. The summed E-state index contributed by atoms with van der Waals surface area (Å²) in [5.41, 5.74) is 2.49. The molecule has 0 aliphatic heterocycles. The second-order valence-electron chi connectivity index (χ2n) is 8.47. The molecule has 8 heteroatoms. The van der Waals surface area contributed by atoms with E-state index < -0.39 is 11.9 Å². The van der Waals surface area contributed by atoms with E-state index in [0.717, 1.165) is 41.7 Å². The highest BCUT2D eigenvalue weighted by Gasteiger charge is 2.27. The number of rotatable bonds is 7. The summed E-state index contributed by atoms with van der Waals surface area (Å²) in [5, 5.41) is 3.69. The molecule has 0 atom stereocenters. The Hall–Kier alpha value is -3.91.